The molecule has 1 saturated heterocycles. The zero-order chi connectivity index (χ0) is 13.0. The van der Waals surface area contributed by atoms with Crippen molar-refractivity contribution in [1.82, 2.24) is 15.1 Å². The van der Waals surface area contributed by atoms with Crippen molar-refractivity contribution in [3.8, 4) is 0 Å². The van der Waals surface area contributed by atoms with E-state index < -0.39 is 0 Å². The second kappa shape index (κ2) is 6.53. The van der Waals surface area contributed by atoms with Gasteiger partial charge in [-0.15, -0.1) is 0 Å². The molecule has 0 spiro atoms. The van der Waals surface area contributed by atoms with Crippen LogP contribution in [-0.2, 0) is 4.79 Å². The molecule has 2 rings (SSSR count). The third kappa shape index (κ3) is 3.95. The van der Waals surface area contributed by atoms with Crippen LogP contribution in [0.25, 0.3) is 0 Å². The first kappa shape index (κ1) is 13.8. The zero-order valence-corrected chi connectivity index (χ0v) is 11.8. The minimum Gasteiger partial charge on any atom is -0.342 e. The summed E-state index contributed by atoms with van der Waals surface area (Å²) in [5.41, 5.74) is 0. The molecular weight excluding hydrogens is 226 g/mol. The Bertz CT molecular complexity index is 272. The molecule has 0 aromatic heterocycles. The van der Waals surface area contributed by atoms with Gasteiger partial charge < -0.3 is 10.2 Å². The summed E-state index contributed by atoms with van der Waals surface area (Å²) in [6.07, 6.45) is 6.31. The topological polar surface area (TPSA) is 35.6 Å². The maximum absolute atomic E-state index is 11.9. The smallest absolute Gasteiger partial charge is 0.236 e. The standard InChI is InChI=1S/C14H27N3O/c1-12(16(2)13-6-7-13)10-15-11-14(18)17-8-4-3-5-9-17/h12-13,15H,3-11H2,1-2H3. The number of likely N-dealkylation sites (N-methyl/N-ethyl adjacent to an activating group) is 1. The molecule has 0 radical (unpaired) electrons. The summed E-state index contributed by atoms with van der Waals surface area (Å²) in [6, 6.07) is 1.31. The van der Waals surface area contributed by atoms with Gasteiger partial charge in [0.1, 0.15) is 0 Å². The summed E-state index contributed by atoms with van der Waals surface area (Å²) in [5.74, 6) is 0.274. The molecule has 0 bridgehead atoms. The highest BCUT2D eigenvalue weighted by Gasteiger charge is 2.28. The highest BCUT2D eigenvalue weighted by molar-refractivity contribution is 5.78. The minimum absolute atomic E-state index is 0.274. The highest BCUT2D eigenvalue weighted by Crippen LogP contribution is 2.26. The van der Waals surface area contributed by atoms with Crippen molar-refractivity contribution in [2.24, 2.45) is 0 Å². The Kier molecular flexibility index (Phi) is 5.01. The van der Waals surface area contributed by atoms with Crippen LogP contribution in [0.5, 0.6) is 0 Å². The van der Waals surface area contributed by atoms with Gasteiger partial charge in [0.25, 0.3) is 0 Å². The third-order valence-electron chi connectivity index (χ3n) is 4.24. The Labute approximate surface area is 111 Å². The van der Waals surface area contributed by atoms with Gasteiger partial charge in [-0.25, -0.2) is 0 Å². The van der Waals surface area contributed by atoms with Gasteiger partial charge >= 0.3 is 0 Å². The number of carbonyl (C=O) groups excluding carboxylic acids is 1. The largest absolute Gasteiger partial charge is 0.342 e. The summed E-state index contributed by atoms with van der Waals surface area (Å²) >= 11 is 0. The van der Waals surface area contributed by atoms with E-state index in [9.17, 15) is 4.79 Å². The lowest BCUT2D eigenvalue weighted by Gasteiger charge is -2.28. The maximum Gasteiger partial charge on any atom is 0.236 e. The van der Waals surface area contributed by atoms with Crippen LogP contribution in [0.15, 0.2) is 0 Å². The van der Waals surface area contributed by atoms with Crippen LogP contribution in [0.3, 0.4) is 0 Å². The number of carbonyl (C=O) groups is 1. The number of rotatable bonds is 6. The normalized spacial score (nSPS) is 22.3. The monoisotopic (exact) mass is 253 g/mol. The van der Waals surface area contributed by atoms with Crippen molar-refractivity contribution in [2.75, 3.05) is 33.2 Å². The van der Waals surface area contributed by atoms with E-state index in [4.69, 9.17) is 0 Å². The fourth-order valence-corrected chi connectivity index (χ4v) is 2.63. The number of piperidine rings is 1. The van der Waals surface area contributed by atoms with E-state index in [1.54, 1.807) is 0 Å². The first-order chi connectivity index (χ1) is 8.68. The van der Waals surface area contributed by atoms with E-state index in [-0.39, 0.29) is 5.91 Å². The molecule has 18 heavy (non-hydrogen) atoms. The van der Waals surface area contributed by atoms with Gasteiger partial charge in [0, 0.05) is 31.7 Å². The lowest BCUT2D eigenvalue weighted by atomic mass is 10.1. The van der Waals surface area contributed by atoms with E-state index in [2.05, 4.69) is 24.2 Å². The van der Waals surface area contributed by atoms with Crippen molar-refractivity contribution in [3.05, 3.63) is 0 Å². The van der Waals surface area contributed by atoms with Gasteiger partial charge in [0.15, 0.2) is 0 Å². The molecule has 2 fully saturated rings. The van der Waals surface area contributed by atoms with Gasteiger partial charge in [0.05, 0.1) is 6.54 Å². The third-order valence-corrected chi connectivity index (χ3v) is 4.24. The predicted octanol–water partition coefficient (Wildman–Crippen LogP) is 1.07. The fraction of sp³-hybridized carbons (Fsp3) is 0.929. The predicted molar refractivity (Wildman–Crippen MR) is 73.5 cm³/mol. The molecule has 2 aliphatic rings. The van der Waals surface area contributed by atoms with E-state index in [0.29, 0.717) is 12.6 Å². The summed E-state index contributed by atoms with van der Waals surface area (Å²) in [4.78, 5) is 16.4. The van der Waals surface area contributed by atoms with Crippen LogP contribution >= 0.6 is 0 Å². The van der Waals surface area contributed by atoms with Crippen LogP contribution in [0, 0.1) is 0 Å². The van der Waals surface area contributed by atoms with E-state index in [1.165, 1.54) is 32.1 Å². The number of nitrogens with one attached hydrogen (secondary N) is 1. The molecule has 1 saturated carbocycles. The van der Waals surface area contributed by atoms with Gasteiger partial charge in [0.2, 0.25) is 5.91 Å². The van der Waals surface area contributed by atoms with Gasteiger partial charge in [-0.05, 0) is 46.1 Å². The SMILES string of the molecule is CC(CNCC(=O)N1CCCCC1)N(C)C1CC1. The Morgan fingerprint density at radius 3 is 2.61 bits per heavy atom. The van der Waals surface area contributed by atoms with Gasteiger partial charge in [-0.3, -0.25) is 9.69 Å². The highest BCUT2D eigenvalue weighted by atomic mass is 16.2. The van der Waals surface area contributed by atoms with Crippen LogP contribution in [-0.4, -0.2) is 61.0 Å². The number of hydrogen-bond acceptors (Lipinski definition) is 3. The van der Waals surface area contributed by atoms with E-state index in [0.717, 1.165) is 25.7 Å². The number of likely N-dealkylation sites (tertiary alicyclic amines) is 1. The van der Waals surface area contributed by atoms with Crippen molar-refractivity contribution < 1.29 is 4.79 Å². The van der Waals surface area contributed by atoms with Crippen molar-refractivity contribution in [3.63, 3.8) is 0 Å². The fourth-order valence-electron chi connectivity index (χ4n) is 2.63. The summed E-state index contributed by atoms with van der Waals surface area (Å²) in [6.45, 7) is 5.56. The molecule has 4 heteroatoms. The van der Waals surface area contributed by atoms with Crippen LogP contribution < -0.4 is 5.32 Å². The quantitative estimate of drug-likeness (QED) is 0.769. The van der Waals surface area contributed by atoms with Crippen molar-refractivity contribution in [1.29, 1.82) is 0 Å². The molecule has 1 aliphatic heterocycles. The Hall–Kier alpha value is -0.610. The first-order valence-electron chi connectivity index (χ1n) is 7.39. The van der Waals surface area contributed by atoms with Gasteiger partial charge in [-0.2, -0.15) is 0 Å². The molecule has 0 aromatic rings. The molecule has 1 unspecified atom stereocenters. The molecular formula is C14H27N3O. The molecule has 1 atom stereocenters. The second-order valence-electron chi connectivity index (χ2n) is 5.82. The number of nitrogens with zero attached hydrogens (tertiary/aromatic N) is 2. The van der Waals surface area contributed by atoms with E-state index in [1.807, 2.05) is 4.90 Å². The molecule has 4 nitrogen and oxygen atoms in total. The first-order valence-corrected chi connectivity index (χ1v) is 7.39. The molecule has 1 aliphatic carbocycles. The lowest BCUT2D eigenvalue weighted by molar-refractivity contribution is -0.131. The van der Waals surface area contributed by atoms with Crippen LogP contribution in [0.2, 0.25) is 0 Å². The minimum atomic E-state index is 0.274. The number of hydrogen-bond donors (Lipinski definition) is 1. The Morgan fingerprint density at radius 1 is 1.33 bits per heavy atom. The molecule has 1 amide bonds. The summed E-state index contributed by atoms with van der Waals surface area (Å²) < 4.78 is 0. The van der Waals surface area contributed by atoms with Crippen molar-refractivity contribution >= 4 is 5.91 Å². The molecule has 1 heterocycles. The summed E-state index contributed by atoms with van der Waals surface area (Å²) in [5, 5.41) is 3.31. The average molecular weight is 253 g/mol. The van der Waals surface area contributed by atoms with E-state index >= 15 is 0 Å². The van der Waals surface area contributed by atoms with Crippen molar-refractivity contribution in [2.45, 2.75) is 51.1 Å². The van der Waals surface area contributed by atoms with Crippen LogP contribution in [0.1, 0.15) is 39.0 Å². The number of amides is 1. The second-order valence-corrected chi connectivity index (χ2v) is 5.82. The average Bonchev–Trinajstić information content (AvgIpc) is 3.23. The molecule has 0 aromatic carbocycles. The zero-order valence-electron chi connectivity index (χ0n) is 11.8. The Morgan fingerprint density at radius 2 is 2.00 bits per heavy atom. The molecule has 104 valence electrons. The molecule has 1 N–H and O–H groups in total. The van der Waals surface area contributed by atoms with Gasteiger partial charge in [-0.1, -0.05) is 0 Å². The Balaban J connectivity index is 1.60. The summed E-state index contributed by atoms with van der Waals surface area (Å²) in [7, 11) is 2.19. The van der Waals surface area contributed by atoms with Crippen LogP contribution in [0.4, 0.5) is 0 Å². The lowest BCUT2D eigenvalue weighted by Crippen LogP contribution is -2.45. The maximum atomic E-state index is 11.9.